The SMILES string of the molecule is CCOc1ccc(-c2noc(CN3N=NC4C(=O)N(c5ccc(C)c(Cl)c5)C(=O)C43)n2)cc1OC. The van der Waals surface area contributed by atoms with Crippen molar-refractivity contribution in [3.05, 3.63) is 52.9 Å². The van der Waals surface area contributed by atoms with E-state index < -0.39 is 23.9 Å². The second-order valence-electron chi connectivity index (χ2n) is 7.95. The van der Waals surface area contributed by atoms with Crippen molar-refractivity contribution >= 4 is 29.1 Å². The van der Waals surface area contributed by atoms with Crippen LogP contribution in [0.4, 0.5) is 5.69 Å². The third-order valence-electron chi connectivity index (χ3n) is 5.76. The molecule has 1 saturated heterocycles. The maximum Gasteiger partial charge on any atom is 0.263 e. The number of amides is 2. The zero-order valence-electron chi connectivity index (χ0n) is 19.1. The number of benzene rings is 2. The molecule has 35 heavy (non-hydrogen) atoms. The molecular weight excluding hydrogens is 476 g/mol. The van der Waals surface area contributed by atoms with Gasteiger partial charge in [0, 0.05) is 10.6 Å². The normalized spacial score (nSPS) is 19.0. The second-order valence-corrected chi connectivity index (χ2v) is 8.36. The van der Waals surface area contributed by atoms with Crippen LogP contribution in [0.3, 0.4) is 0 Å². The average Bonchev–Trinajstić information content (AvgIpc) is 3.54. The summed E-state index contributed by atoms with van der Waals surface area (Å²) in [5.74, 6) is 0.788. The van der Waals surface area contributed by atoms with E-state index in [1.54, 1.807) is 43.5 Å². The van der Waals surface area contributed by atoms with Crippen molar-refractivity contribution in [1.82, 2.24) is 15.1 Å². The lowest BCUT2D eigenvalue weighted by molar-refractivity contribution is -0.123. The van der Waals surface area contributed by atoms with Crippen LogP contribution in [-0.4, -0.2) is 52.8 Å². The molecule has 2 unspecified atom stereocenters. The first kappa shape index (κ1) is 22.8. The summed E-state index contributed by atoms with van der Waals surface area (Å²) in [4.78, 5) is 31.6. The molecule has 0 bridgehead atoms. The molecule has 2 aliphatic rings. The number of rotatable bonds is 7. The van der Waals surface area contributed by atoms with Crippen molar-refractivity contribution in [2.75, 3.05) is 18.6 Å². The fourth-order valence-corrected chi connectivity index (χ4v) is 4.16. The number of anilines is 1. The van der Waals surface area contributed by atoms with E-state index in [9.17, 15) is 9.59 Å². The molecule has 11 nitrogen and oxygen atoms in total. The highest BCUT2D eigenvalue weighted by molar-refractivity contribution is 6.32. The lowest BCUT2D eigenvalue weighted by atomic mass is 10.1. The van der Waals surface area contributed by atoms with Gasteiger partial charge in [0.1, 0.15) is 6.54 Å². The summed E-state index contributed by atoms with van der Waals surface area (Å²) in [6.45, 7) is 4.24. The van der Waals surface area contributed by atoms with Crippen LogP contribution in [0.25, 0.3) is 11.4 Å². The average molecular weight is 497 g/mol. The smallest absolute Gasteiger partial charge is 0.263 e. The van der Waals surface area contributed by atoms with Gasteiger partial charge in [-0.05, 0) is 49.7 Å². The molecule has 2 aliphatic heterocycles. The minimum Gasteiger partial charge on any atom is -0.493 e. The van der Waals surface area contributed by atoms with Gasteiger partial charge in [-0.25, -0.2) is 4.90 Å². The summed E-state index contributed by atoms with van der Waals surface area (Å²) >= 11 is 6.20. The Morgan fingerprint density at radius 3 is 2.69 bits per heavy atom. The number of ether oxygens (including phenoxy) is 2. The molecule has 12 heteroatoms. The molecule has 3 aromatic rings. The quantitative estimate of drug-likeness (QED) is 0.454. The van der Waals surface area contributed by atoms with Crippen LogP contribution in [0, 0.1) is 6.92 Å². The lowest BCUT2D eigenvalue weighted by Crippen LogP contribution is -2.39. The summed E-state index contributed by atoms with van der Waals surface area (Å²) < 4.78 is 16.3. The predicted octanol–water partition coefficient (Wildman–Crippen LogP) is 3.60. The number of methoxy groups -OCH3 is 1. The van der Waals surface area contributed by atoms with E-state index in [4.69, 9.17) is 25.6 Å². The fourth-order valence-electron chi connectivity index (χ4n) is 3.99. The Labute approximate surface area is 205 Å². The Kier molecular flexibility index (Phi) is 5.85. The molecule has 0 N–H and O–H groups in total. The number of aromatic nitrogens is 2. The Morgan fingerprint density at radius 2 is 1.94 bits per heavy atom. The summed E-state index contributed by atoms with van der Waals surface area (Å²) in [5.41, 5.74) is 1.90. The molecule has 2 amide bonds. The van der Waals surface area contributed by atoms with Gasteiger partial charge in [-0.1, -0.05) is 28.0 Å². The molecule has 0 saturated carbocycles. The van der Waals surface area contributed by atoms with Gasteiger partial charge in [0.05, 0.1) is 19.4 Å². The van der Waals surface area contributed by atoms with Gasteiger partial charge in [0.25, 0.3) is 11.8 Å². The predicted molar refractivity (Wildman–Crippen MR) is 124 cm³/mol. The first-order chi connectivity index (χ1) is 16.9. The van der Waals surface area contributed by atoms with E-state index in [2.05, 4.69) is 20.5 Å². The highest BCUT2D eigenvalue weighted by atomic mass is 35.5. The molecule has 5 rings (SSSR count). The van der Waals surface area contributed by atoms with Crippen molar-refractivity contribution in [2.45, 2.75) is 32.5 Å². The number of aryl methyl sites for hydroxylation is 1. The monoisotopic (exact) mass is 496 g/mol. The van der Waals surface area contributed by atoms with Gasteiger partial charge in [-0.2, -0.15) is 10.1 Å². The van der Waals surface area contributed by atoms with Gasteiger partial charge >= 0.3 is 0 Å². The van der Waals surface area contributed by atoms with Crippen molar-refractivity contribution in [3.63, 3.8) is 0 Å². The van der Waals surface area contributed by atoms with Crippen LogP contribution in [0.1, 0.15) is 18.4 Å². The van der Waals surface area contributed by atoms with Gasteiger partial charge in [0.2, 0.25) is 11.7 Å². The first-order valence-corrected chi connectivity index (χ1v) is 11.2. The standard InChI is InChI=1S/C23H21ClN6O5/c1-4-34-16-8-6-13(9-17(16)33-3)21-25-18(35-27-21)11-29-20-19(26-28-29)22(31)30(23(20)32)14-7-5-12(2)15(24)10-14/h5-10,19-20H,4,11H2,1-3H3. The third-order valence-corrected chi connectivity index (χ3v) is 6.17. The zero-order chi connectivity index (χ0) is 24.7. The topological polar surface area (TPSA) is 123 Å². The molecular formula is C23H21ClN6O5. The number of hydrogen-bond donors (Lipinski definition) is 0. The van der Waals surface area contributed by atoms with Crippen molar-refractivity contribution < 1.29 is 23.6 Å². The fraction of sp³-hybridized carbons (Fsp3) is 0.304. The van der Waals surface area contributed by atoms with E-state index in [-0.39, 0.29) is 12.4 Å². The highest BCUT2D eigenvalue weighted by Gasteiger charge is 2.55. The minimum absolute atomic E-state index is 0.00729. The molecule has 0 aliphatic carbocycles. The van der Waals surface area contributed by atoms with Crippen molar-refractivity contribution in [1.29, 1.82) is 0 Å². The number of hydrogen-bond acceptors (Lipinski definition) is 10. The Hall–Kier alpha value is -3.99. The first-order valence-electron chi connectivity index (χ1n) is 10.9. The number of nitrogens with zero attached hydrogens (tertiary/aromatic N) is 6. The molecule has 0 radical (unpaired) electrons. The molecule has 1 fully saturated rings. The maximum atomic E-state index is 13.2. The summed E-state index contributed by atoms with van der Waals surface area (Å²) in [6.07, 6.45) is 0. The summed E-state index contributed by atoms with van der Waals surface area (Å²) in [5, 5.41) is 13.9. The van der Waals surface area contributed by atoms with Gasteiger partial charge in [-0.3, -0.25) is 14.6 Å². The summed E-state index contributed by atoms with van der Waals surface area (Å²) in [6, 6.07) is 8.47. The second kappa shape index (κ2) is 8.99. The molecule has 2 atom stereocenters. The Morgan fingerprint density at radius 1 is 1.11 bits per heavy atom. The molecule has 1 aromatic heterocycles. The molecule has 2 aromatic carbocycles. The highest BCUT2D eigenvalue weighted by Crippen LogP contribution is 2.35. The van der Waals surface area contributed by atoms with Crippen LogP contribution >= 0.6 is 11.6 Å². The number of carbonyl (C=O) groups excluding carboxylic acids is 2. The van der Waals surface area contributed by atoms with E-state index in [1.165, 1.54) is 5.01 Å². The maximum absolute atomic E-state index is 13.2. The number of halogens is 1. The van der Waals surface area contributed by atoms with Crippen LogP contribution in [0.5, 0.6) is 11.5 Å². The van der Waals surface area contributed by atoms with Crippen LogP contribution in [0.2, 0.25) is 5.02 Å². The number of imide groups is 1. The number of carbonyl (C=O) groups is 2. The minimum atomic E-state index is -0.944. The van der Waals surface area contributed by atoms with E-state index >= 15 is 0 Å². The van der Waals surface area contributed by atoms with Gasteiger partial charge < -0.3 is 14.0 Å². The Balaban J connectivity index is 1.34. The third kappa shape index (κ3) is 3.97. The van der Waals surface area contributed by atoms with Crippen molar-refractivity contribution in [3.8, 4) is 22.9 Å². The van der Waals surface area contributed by atoms with Crippen molar-refractivity contribution in [2.24, 2.45) is 10.3 Å². The Bertz CT molecular complexity index is 1340. The number of fused-ring (bicyclic) bond motifs is 1. The van der Waals surface area contributed by atoms with Crippen LogP contribution < -0.4 is 14.4 Å². The molecule has 180 valence electrons. The van der Waals surface area contributed by atoms with Gasteiger partial charge in [-0.15, -0.1) is 0 Å². The van der Waals surface area contributed by atoms with E-state index in [1.807, 2.05) is 13.8 Å². The van der Waals surface area contributed by atoms with Gasteiger partial charge in [0.15, 0.2) is 23.6 Å². The zero-order valence-corrected chi connectivity index (χ0v) is 19.9. The molecule has 0 spiro atoms. The lowest BCUT2D eigenvalue weighted by Gasteiger charge is -2.19. The van der Waals surface area contributed by atoms with Crippen LogP contribution in [0.15, 0.2) is 51.3 Å². The summed E-state index contributed by atoms with van der Waals surface area (Å²) in [7, 11) is 1.55. The van der Waals surface area contributed by atoms with E-state index in [0.29, 0.717) is 40.2 Å². The largest absolute Gasteiger partial charge is 0.493 e. The van der Waals surface area contributed by atoms with E-state index in [0.717, 1.165) is 10.5 Å². The molecule has 3 heterocycles. The van der Waals surface area contributed by atoms with Crippen LogP contribution in [-0.2, 0) is 16.1 Å².